The first kappa shape index (κ1) is 28.9. The van der Waals surface area contributed by atoms with Crippen molar-refractivity contribution >= 4 is 10.4 Å². The van der Waals surface area contributed by atoms with E-state index in [1.54, 1.807) is 0 Å². The normalized spacial score (nSPS) is 13.7. The zero-order chi connectivity index (χ0) is 21.0. The molecule has 0 bridgehead atoms. The lowest BCUT2D eigenvalue weighted by Gasteiger charge is -2.21. The van der Waals surface area contributed by atoms with E-state index in [4.69, 9.17) is 20.1 Å². The molecule has 166 valence electrons. The molecule has 2 unspecified atom stereocenters. The summed E-state index contributed by atoms with van der Waals surface area (Å²) >= 11 is 0. The Morgan fingerprint density at radius 2 is 1.41 bits per heavy atom. The molecule has 0 saturated carbocycles. The molecule has 0 amide bonds. The number of nitrogens with two attached hydrogens (primary N) is 1. The first-order valence-corrected chi connectivity index (χ1v) is 11.3. The van der Waals surface area contributed by atoms with Gasteiger partial charge in [0.05, 0.1) is 19.3 Å². The Morgan fingerprint density at radius 1 is 0.963 bits per heavy atom. The van der Waals surface area contributed by atoms with Crippen LogP contribution in [0, 0.1) is 0 Å². The molecule has 0 saturated heterocycles. The predicted octanol–water partition coefficient (Wildman–Crippen LogP) is 2.43. The third-order valence-corrected chi connectivity index (χ3v) is 4.55. The van der Waals surface area contributed by atoms with E-state index < -0.39 is 16.5 Å². The van der Waals surface area contributed by atoms with Gasteiger partial charge in [-0.3, -0.25) is 8.74 Å². The van der Waals surface area contributed by atoms with E-state index >= 15 is 0 Å². The lowest BCUT2D eigenvalue weighted by atomic mass is 10.1. The van der Waals surface area contributed by atoms with Gasteiger partial charge in [-0.1, -0.05) is 64.7 Å². The molecule has 0 spiro atoms. The van der Waals surface area contributed by atoms with E-state index in [-0.39, 0.29) is 19.3 Å². The van der Waals surface area contributed by atoms with Crippen LogP contribution in [-0.2, 0) is 19.3 Å². The molecule has 9 heteroatoms. The topological polar surface area (TPSA) is 139 Å². The molecule has 0 aliphatic carbocycles. The molecular weight excluding hydrogens is 374 g/mol. The summed E-state index contributed by atoms with van der Waals surface area (Å²) in [5.74, 6) is 0. The van der Waals surface area contributed by atoms with Crippen molar-refractivity contribution in [3.63, 3.8) is 0 Å². The van der Waals surface area contributed by atoms with Gasteiger partial charge in [0.1, 0.15) is 0 Å². The van der Waals surface area contributed by atoms with Gasteiger partial charge in [0.25, 0.3) is 0 Å². The number of hydrogen-bond acceptors (Lipinski definition) is 7. The molecule has 2 atom stereocenters. The second-order valence-electron chi connectivity index (χ2n) is 6.50. The first-order valence-electron chi connectivity index (χ1n) is 9.95. The Hall–Kier alpha value is -0.290. The van der Waals surface area contributed by atoms with Crippen molar-refractivity contribution in [2.75, 3.05) is 26.9 Å². The highest BCUT2D eigenvalue weighted by molar-refractivity contribution is 7.80. The molecule has 27 heavy (non-hydrogen) atoms. The van der Waals surface area contributed by atoms with Crippen molar-refractivity contribution in [1.29, 1.82) is 0 Å². The monoisotopic (exact) mass is 415 g/mol. The molecule has 0 aliphatic heterocycles. The summed E-state index contributed by atoms with van der Waals surface area (Å²) in [6.45, 7) is 3.11. The third kappa shape index (κ3) is 23.7. The van der Waals surface area contributed by atoms with Crippen LogP contribution in [-0.4, -0.2) is 62.3 Å². The minimum Gasteiger partial charge on any atom is -0.396 e. The van der Waals surface area contributed by atoms with Gasteiger partial charge in [0.15, 0.2) is 0 Å². The Labute approximate surface area is 165 Å². The molecule has 0 aromatic heterocycles. The van der Waals surface area contributed by atoms with E-state index in [9.17, 15) is 13.5 Å². The van der Waals surface area contributed by atoms with E-state index in [0.29, 0.717) is 13.0 Å². The number of hydrogen-bond donors (Lipinski definition) is 4. The van der Waals surface area contributed by atoms with E-state index in [1.165, 1.54) is 57.8 Å². The third-order valence-electron chi connectivity index (χ3n) is 4.12. The average molecular weight is 416 g/mol. The summed E-state index contributed by atoms with van der Waals surface area (Å²) in [4.78, 5) is 0. The van der Waals surface area contributed by atoms with Crippen molar-refractivity contribution in [3.8, 4) is 0 Å². The first-order chi connectivity index (χ1) is 12.8. The maximum Gasteiger partial charge on any atom is 0.397 e. The van der Waals surface area contributed by atoms with Gasteiger partial charge >= 0.3 is 10.4 Å². The molecule has 0 rings (SSSR count). The molecular formula is C18H41NO7S. The molecule has 5 N–H and O–H groups in total. The minimum absolute atomic E-state index is 0.0275. The van der Waals surface area contributed by atoms with Crippen molar-refractivity contribution in [2.45, 2.75) is 89.8 Å². The lowest BCUT2D eigenvalue weighted by molar-refractivity contribution is -0.0449. The van der Waals surface area contributed by atoms with Crippen LogP contribution in [0.15, 0.2) is 0 Å². The number of rotatable bonds is 17. The summed E-state index contributed by atoms with van der Waals surface area (Å²) in [5, 5.41) is 18.6. The van der Waals surface area contributed by atoms with Gasteiger partial charge in [0.2, 0.25) is 0 Å². The van der Waals surface area contributed by atoms with Crippen LogP contribution < -0.4 is 5.73 Å². The summed E-state index contributed by atoms with van der Waals surface area (Å²) in [6, 6.07) is 0. The fourth-order valence-electron chi connectivity index (χ4n) is 2.49. The van der Waals surface area contributed by atoms with Gasteiger partial charge in [-0.2, -0.15) is 8.42 Å². The molecule has 0 fully saturated rings. The van der Waals surface area contributed by atoms with Crippen LogP contribution >= 0.6 is 0 Å². The van der Waals surface area contributed by atoms with Gasteiger partial charge in [0, 0.05) is 19.8 Å². The Morgan fingerprint density at radius 3 is 1.78 bits per heavy atom. The standard InChI is InChI=1S/C17H37NO3.CH4O4S/c1-2-3-4-5-6-7-8-9-10-11-14-21-17(12-13-19)16(20)15-18;1-5-6(2,3)4/h16-17,19-20H,2-15,18H2,1H3;1H3,(H,2,3,4). The zero-order valence-corrected chi connectivity index (χ0v) is 17.8. The Balaban J connectivity index is 0. The number of aliphatic hydroxyl groups is 2. The summed E-state index contributed by atoms with van der Waals surface area (Å²) in [6.07, 6.45) is 12.4. The maximum absolute atomic E-state index is 9.65. The summed E-state index contributed by atoms with van der Waals surface area (Å²) < 4.78 is 35.3. The SMILES string of the molecule is CCCCCCCCCCCCOC(CCO)C(O)CN.COS(=O)(=O)O. The van der Waals surface area contributed by atoms with E-state index in [1.807, 2.05) is 0 Å². The second-order valence-corrected chi connectivity index (χ2v) is 7.69. The average Bonchev–Trinajstić information content (AvgIpc) is 2.64. The highest BCUT2D eigenvalue weighted by Gasteiger charge is 2.17. The highest BCUT2D eigenvalue weighted by Crippen LogP contribution is 2.11. The molecule has 8 nitrogen and oxygen atoms in total. The highest BCUT2D eigenvalue weighted by atomic mass is 32.3. The van der Waals surface area contributed by atoms with E-state index in [2.05, 4.69) is 11.1 Å². The molecule has 0 aromatic rings. The van der Waals surface area contributed by atoms with Crippen LogP contribution in [0.1, 0.15) is 77.6 Å². The second kappa shape index (κ2) is 20.4. The van der Waals surface area contributed by atoms with E-state index in [0.717, 1.165) is 13.5 Å². The maximum atomic E-state index is 9.65. The summed E-state index contributed by atoms with van der Waals surface area (Å²) in [5.41, 5.74) is 5.42. The zero-order valence-electron chi connectivity index (χ0n) is 17.0. The minimum atomic E-state index is -4.16. The van der Waals surface area contributed by atoms with Crippen molar-refractivity contribution < 1.29 is 32.1 Å². The molecule has 0 heterocycles. The molecule has 0 aliphatic rings. The number of unbranched alkanes of at least 4 members (excludes halogenated alkanes) is 9. The van der Waals surface area contributed by atoms with Gasteiger partial charge < -0.3 is 20.7 Å². The van der Waals surface area contributed by atoms with Crippen molar-refractivity contribution in [3.05, 3.63) is 0 Å². The van der Waals surface area contributed by atoms with Gasteiger partial charge in [-0.25, -0.2) is 0 Å². The largest absolute Gasteiger partial charge is 0.397 e. The molecule has 0 aromatic carbocycles. The van der Waals surface area contributed by atoms with Crippen LogP contribution in [0.2, 0.25) is 0 Å². The number of aliphatic hydroxyl groups excluding tert-OH is 2. The lowest BCUT2D eigenvalue weighted by Crippen LogP contribution is -2.36. The Bertz CT molecular complexity index is 393. The Kier molecular flexibility index (Phi) is 21.9. The van der Waals surface area contributed by atoms with Gasteiger partial charge in [-0.05, 0) is 12.8 Å². The van der Waals surface area contributed by atoms with Crippen molar-refractivity contribution in [1.82, 2.24) is 0 Å². The van der Waals surface area contributed by atoms with Crippen LogP contribution in [0.3, 0.4) is 0 Å². The quantitative estimate of drug-likeness (QED) is 0.210. The number of ether oxygens (including phenoxy) is 1. The van der Waals surface area contributed by atoms with Gasteiger partial charge in [-0.15, -0.1) is 0 Å². The predicted molar refractivity (Wildman–Crippen MR) is 107 cm³/mol. The van der Waals surface area contributed by atoms with Crippen LogP contribution in [0.5, 0.6) is 0 Å². The van der Waals surface area contributed by atoms with Crippen LogP contribution in [0.4, 0.5) is 0 Å². The fraction of sp³-hybridized carbons (Fsp3) is 1.00. The van der Waals surface area contributed by atoms with Crippen molar-refractivity contribution in [2.24, 2.45) is 5.73 Å². The fourth-order valence-corrected chi connectivity index (χ4v) is 2.49. The molecule has 0 radical (unpaired) electrons. The summed E-state index contributed by atoms with van der Waals surface area (Å²) in [7, 11) is -3.29. The van der Waals surface area contributed by atoms with Crippen LogP contribution in [0.25, 0.3) is 0 Å². The smallest absolute Gasteiger partial charge is 0.396 e.